The van der Waals surface area contributed by atoms with Crippen molar-refractivity contribution in [1.29, 1.82) is 0 Å². The van der Waals surface area contributed by atoms with E-state index in [1.54, 1.807) is 0 Å². The minimum absolute atomic E-state index is 0.448. The number of nitrogens with one attached hydrogen (secondary N) is 1. The smallest absolute Gasteiger partial charge is 0.221 e. The fourth-order valence-electron chi connectivity index (χ4n) is 0.614. The fourth-order valence-corrected chi connectivity index (χ4v) is 1.68. The Morgan fingerprint density at radius 1 is 1.36 bits per heavy atom. The first-order valence-corrected chi connectivity index (χ1v) is 6.66. The molecule has 0 aliphatic carbocycles. The third-order valence-electron chi connectivity index (χ3n) is 1.29. The molecular formula is C4H8N4O4S2. The van der Waals surface area contributed by atoms with E-state index in [9.17, 15) is 16.8 Å². The van der Waals surface area contributed by atoms with E-state index >= 15 is 0 Å². The van der Waals surface area contributed by atoms with Crippen LogP contribution in [0.4, 0.5) is 0 Å². The molecule has 0 saturated carbocycles. The van der Waals surface area contributed by atoms with Crippen LogP contribution in [0.15, 0.2) is 11.5 Å². The summed E-state index contributed by atoms with van der Waals surface area (Å²) in [6, 6.07) is 0. The second-order valence-corrected chi connectivity index (χ2v) is 6.02. The first kappa shape index (κ1) is 11.1. The molecule has 0 bridgehead atoms. The molecule has 1 aromatic rings. The minimum atomic E-state index is -3.81. The number of hydrogen-bond donors (Lipinski definition) is 1. The Kier molecular flexibility index (Phi) is 2.61. The first-order valence-electron chi connectivity index (χ1n) is 3.33. The Morgan fingerprint density at radius 3 is 2.29 bits per heavy atom. The van der Waals surface area contributed by atoms with E-state index in [2.05, 4.69) is 10.1 Å². The molecule has 10 heteroatoms. The van der Waals surface area contributed by atoms with Gasteiger partial charge in [0.15, 0.2) is 0 Å². The van der Waals surface area contributed by atoms with Crippen LogP contribution in [0.2, 0.25) is 0 Å². The summed E-state index contributed by atoms with van der Waals surface area (Å²) >= 11 is 0. The molecule has 0 fully saturated rings. The predicted molar refractivity (Wildman–Crippen MR) is 46.5 cm³/mol. The maximum Gasteiger partial charge on any atom is 0.321 e. The molecule has 0 aliphatic heterocycles. The van der Waals surface area contributed by atoms with Gasteiger partial charge in [0, 0.05) is 13.3 Å². The van der Waals surface area contributed by atoms with Gasteiger partial charge in [0.1, 0.15) is 6.33 Å². The van der Waals surface area contributed by atoms with E-state index in [-0.39, 0.29) is 0 Å². The van der Waals surface area contributed by atoms with Crippen LogP contribution in [0, 0.1) is 0 Å². The van der Waals surface area contributed by atoms with Crippen molar-refractivity contribution < 1.29 is 16.8 Å². The highest BCUT2D eigenvalue weighted by atomic mass is 32.2. The van der Waals surface area contributed by atoms with Crippen molar-refractivity contribution in [1.82, 2.24) is 18.9 Å². The third-order valence-corrected chi connectivity index (χ3v) is 3.32. The molecular weight excluding hydrogens is 232 g/mol. The van der Waals surface area contributed by atoms with Crippen LogP contribution in [0.5, 0.6) is 0 Å². The lowest BCUT2D eigenvalue weighted by Crippen LogP contribution is -2.26. The normalized spacial score (nSPS) is 13.0. The lowest BCUT2D eigenvalue weighted by Gasteiger charge is -1.98. The zero-order chi connectivity index (χ0) is 11.0. The Bertz CT molecular complexity index is 527. The van der Waals surface area contributed by atoms with Crippen molar-refractivity contribution in [2.75, 3.05) is 13.3 Å². The molecule has 0 aromatic carbocycles. The summed E-state index contributed by atoms with van der Waals surface area (Å²) in [7, 11) is -6.22. The highest BCUT2D eigenvalue weighted by Crippen LogP contribution is 2.00. The zero-order valence-electron chi connectivity index (χ0n) is 7.37. The number of aromatic nitrogens is 3. The predicted octanol–water partition coefficient (Wildman–Crippen LogP) is -2.01. The molecule has 0 saturated heterocycles. The maximum absolute atomic E-state index is 11.1. The van der Waals surface area contributed by atoms with Gasteiger partial charge >= 0.3 is 10.2 Å². The van der Waals surface area contributed by atoms with Gasteiger partial charge in [-0.25, -0.2) is 13.4 Å². The van der Waals surface area contributed by atoms with E-state index in [4.69, 9.17) is 0 Å². The summed E-state index contributed by atoms with van der Waals surface area (Å²) in [6.45, 7) is 0. The molecule has 1 heterocycles. The lowest BCUT2D eigenvalue weighted by molar-refractivity contribution is 0.568. The number of rotatable bonds is 3. The van der Waals surface area contributed by atoms with Crippen LogP contribution in [0.3, 0.4) is 0 Å². The van der Waals surface area contributed by atoms with Crippen molar-refractivity contribution in [3.8, 4) is 0 Å². The summed E-state index contributed by atoms with van der Waals surface area (Å²) in [6.07, 6.45) is 1.70. The van der Waals surface area contributed by atoms with E-state index in [0.29, 0.717) is 4.09 Å². The van der Waals surface area contributed by atoms with Gasteiger partial charge < -0.3 is 0 Å². The summed E-state index contributed by atoms with van der Waals surface area (Å²) in [4.78, 5) is 3.35. The van der Waals surface area contributed by atoms with Gasteiger partial charge in [0.05, 0.1) is 0 Å². The number of nitrogens with zero attached hydrogens (tertiary/aromatic N) is 3. The zero-order valence-corrected chi connectivity index (χ0v) is 9.00. The van der Waals surface area contributed by atoms with Crippen LogP contribution >= 0.6 is 0 Å². The summed E-state index contributed by atoms with van der Waals surface area (Å²) < 4.78 is 46.4. The maximum atomic E-state index is 11.1. The van der Waals surface area contributed by atoms with E-state index in [1.165, 1.54) is 7.05 Å². The van der Waals surface area contributed by atoms with Crippen LogP contribution < -0.4 is 4.72 Å². The van der Waals surface area contributed by atoms with Crippen molar-refractivity contribution in [3.63, 3.8) is 0 Å². The Morgan fingerprint density at radius 2 is 1.93 bits per heavy atom. The van der Waals surface area contributed by atoms with Crippen molar-refractivity contribution in [3.05, 3.63) is 6.33 Å². The molecule has 1 aromatic heterocycles. The first-order chi connectivity index (χ1) is 6.27. The Balaban J connectivity index is 3.27. The van der Waals surface area contributed by atoms with Crippen LogP contribution in [-0.2, 0) is 20.0 Å². The Hall–Kier alpha value is -1.00. The second-order valence-electron chi connectivity index (χ2n) is 2.38. The standard InChI is InChI=1S/C4H8N4O4S2/c1-5-14(11,12)8-3-6-4(7-8)13(2,9)10/h3,5H,1-2H3. The highest BCUT2D eigenvalue weighted by Gasteiger charge is 2.18. The molecule has 14 heavy (non-hydrogen) atoms. The number of sulfone groups is 1. The van der Waals surface area contributed by atoms with Crippen molar-refractivity contribution in [2.45, 2.75) is 5.16 Å². The quantitative estimate of drug-likeness (QED) is 0.653. The summed E-state index contributed by atoms with van der Waals surface area (Å²) in [5, 5.41) is 2.76. The number of hydrogen-bond acceptors (Lipinski definition) is 6. The van der Waals surface area contributed by atoms with Crippen molar-refractivity contribution >= 4 is 20.0 Å². The highest BCUT2D eigenvalue weighted by molar-refractivity contribution is 7.90. The van der Waals surface area contributed by atoms with Gasteiger partial charge in [0.2, 0.25) is 9.84 Å². The van der Waals surface area contributed by atoms with Gasteiger partial charge in [-0.1, -0.05) is 0 Å². The largest absolute Gasteiger partial charge is 0.321 e. The monoisotopic (exact) mass is 240 g/mol. The minimum Gasteiger partial charge on any atom is -0.221 e. The van der Waals surface area contributed by atoms with Crippen molar-refractivity contribution in [2.24, 2.45) is 0 Å². The molecule has 1 N–H and O–H groups in total. The van der Waals surface area contributed by atoms with E-state index in [0.717, 1.165) is 12.6 Å². The molecule has 0 unspecified atom stereocenters. The van der Waals surface area contributed by atoms with E-state index in [1.807, 2.05) is 4.72 Å². The van der Waals surface area contributed by atoms with Crippen LogP contribution in [0.1, 0.15) is 0 Å². The SMILES string of the molecule is CNS(=O)(=O)n1cnc(S(C)(=O)=O)n1. The molecule has 1 rings (SSSR count). The van der Waals surface area contributed by atoms with E-state index < -0.39 is 25.2 Å². The molecule has 0 radical (unpaired) electrons. The second kappa shape index (κ2) is 3.29. The van der Waals surface area contributed by atoms with Crippen LogP contribution in [0.25, 0.3) is 0 Å². The van der Waals surface area contributed by atoms with Gasteiger partial charge in [-0.15, -0.1) is 9.19 Å². The average Bonchev–Trinajstić information content (AvgIpc) is 2.51. The summed E-state index contributed by atoms with van der Waals surface area (Å²) in [5.74, 6) is 0. The van der Waals surface area contributed by atoms with Gasteiger partial charge in [-0.2, -0.15) is 13.1 Å². The van der Waals surface area contributed by atoms with Gasteiger partial charge in [-0.05, 0) is 0 Å². The average molecular weight is 240 g/mol. The molecule has 0 spiro atoms. The third kappa shape index (κ3) is 2.08. The molecule has 8 nitrogen and oxygen atoms in total. The fraction of sp³-hybridized carbons (Fsp3) is 0.500. The van der Waals surface area contributed by atoms with Gasteiger partial charge in [0.25, 0.3) is 5.16 Å². The van der Waals surface area contributed by atoms with Crippen LogP contribution in [-0.4, -0.2) is 44.3 Å². The molecule has 0 aliphatic rings. The molecule has 80 valence electrons. The van der Waals surface area contributed by atoms with Gasteiger partial charge in [-0.3, -0.25) is 0 Å². The molecule has 0 amide bonds. The lowest BCUT2D eigenvalue weighted by atomic mass is 11.3. The summed E-state index contributed by atoms with van der Waals surface area (Å²) in [5.41, 5.74) is 0. The Labute approximate surface area is 81.1 Å². The molecule has 0 atom stereocenters. The topological polar surface area (TPSA) is 111 Å².